The van der Waals surface area contributed by atoms with Crippen molar-refractivity contribution >= 4 is 5.69 Å². The van der Waals surface area contributed by atoms with Crippen molar-refractivity contribution < 1.29 is 4.39 Å². The molecule has 104 valence electrons. The zero-order valence-electron chi connectivity index (χ0n) is 12.3. The molecule has 1 aliphatic carbocycles. The van der Waals surface area contributed by atoms with Gasteiger partial charge < -0.3 is 5.32 Å². The van der Waals surface area contributed by atoms with Gasteiger partial charge in [0.25, 0.3) is 0 Å². The lowest BCUT2D eigenvalue weighted by Gasteiger charge is -2.20. The molecule has 2 aromatic carbocycles. The number of nitrogens with one attached hydrogen (secondary N) is 1. The van der Waals surface area contributed by atoms with Crippen molar-refractivity contribution in [2.75, 3.05) is 5.32 Å². The number of hydrogen-bond donors (Lipinski definition) is 1. The summed E-state index contributed by atoms with van der Waals surface area (Å²) in [6, 6.07) is 9.87. The van der Waals surface area contributed by atoms with Crippen LogP contribution in [0.25, 0.3) is 0 Å². The number of fused-ring (bicyclic) bond motifs is 1. The Morgan fingerprint density at radius 2 is 1.75 bits per heavy atom. The van der Waals surface area contributed by atoms with Gasteiger partial charge in [0.15, 0.2) is 0 Å². The topological polar surface area (TPSA) is 12.0 Å². The normalized spacial score (nSPS) is 17.1. The first-order valence-electron chi connectivity index (χ1n) is 7.17. The lowest BCUT2D eigenvalue weighted by atomic mass is 10.0. The number of anilines is 1. The van der Waals surface area contributed by atoms with E-state index in [1.165, 1.54) is 27.9 Å². The molecular weight excluding hydrogens is 249 g/mol. The molecule has 1 nitrogen and oxygen atoms in total. The summed E-state index contributed by atoms with van der Waals surface area (Å²) >= 11 is 0. The summed E-state index contributed by atoms with van der Waals surface area (Å²) in [6.07, 6.45) is 1.99. The van der Waals surface area contributed by atoms with Crippen molar-refractivity contribution in [1.82, 2.24) is 0 Å². The van der Waals surface area contributed by atoms with Crippen LogP contribution in [0.3, 0.4) is 0 Å². The first-order chi connectivity index (χ1) is 9.54. The third-order valence-corrected chi connectivity index (χ3v) is 4.18. The molecule has 0 saturated carbocycles. The molecular formula is C18H20FN. The molecule has 0 aromatic heterocycles. The second kappa shape index (κ2) is 4.93. The summed E-state index contributed by atoms with van der Waals surface area (Å²) in [6.45, 7) is 6.41. The molecule has 1 atom stereocenters. The van der Waals surface area contributed by atoms with Crippen LogP contribution in [-0.4, -0.2) is 0 Å². The van der Waals surface area contributed by atoms with Gasteiger partial charge in [0, 0.05) is 5.69 Å². The van der Waals surface area contributed by atoms with Gasteiger partial charge in [-0.05, 0) is 68.0 Å². The Morgan fingerprint density at radius 3 is 2.45 bits per heavy atom. The zero-order valence-corrected chi connectivity index (χ0v) is 12.3. The quantitative estimate of drug-likeness (QED) is 0.821. The fourth-order valence-electron chi connectivity index (χ4n) is 3.32. The minimum atomic E-state index is -0.132. The molecule has 3 rings (SSSR count). The molecule has 0 amide bonds. The Balaban J connectivity index is 1.91. The van der Waals surface area contributed by atoms with E-state index in [-0.39, 0.29) is 5.82 Å². The van der Waals surface area contributed by atoms with Crippen molar-refractivity contribution in [3.8, 4) is 0 Å². The monoisotopic (exact) mass is 269 g/mol. The molecule has 20 heavy (non-hydrogen) atoms. The predicted octanol–water partition coefficient (Wildman–Crippen LogP) is 4.85. The fraction of sp³-hybridized carbons (Fsp3) is 0.333. The Morgan fingerprint density at radius 1 is 1.05 bits per heavy atom. The number of hydrogen-bond acceptors (Lipinski definition) is 1. The first-order valence-corrected chi connectivity index (χ1v) is 7.17. The predicted molar refractivity (Wildman–Crippen MR) is 81.7 cm³/mol. The van der Waals surface area contributed by atoms with Gasteiger partial charge in [0.2, 0.25) is 0 Å². The highest BCUT2D eigenvalue weighted by Gasteiger charge is 2.23. The van der Waals surface area contributed by atoms with Crippen LogP contribution in [0.4, 0.5) is 10.1 Å². The van der Waals surface area contributed by atoms with Gasteiger partial charge in [-0.2, -0.15) is 0 Å². The molecule has 0 radical (unpaired) electrons. The average Bonchev–Trinajstić information content (AvgIpc) is 2.76. The second-order valence-corrected chi connectivity index (χ2v) is 5.85. The van der Waals surface area contributed by atoms with Crippen LogP contribution in [0.5, 0.6) is 0 Å². The number of rotatable bonds is 2. The van der Waals surface area contributed by atoms with E-state index in [1.54, 1.807) is 12.1 Å². The summed E-state index contributed by atoms with van der Waals surface area (Å²) in [5, 5.41) is 3.66. The summed E-state index contributed by atoms with van der Waals surface area (Å²) in [7, 11) is 0. The maximum absolute atomic E-state index is 13.3. The van der Waals surface area contributed by atoms with Crippen LogP contribution >= 0.6 is 0 Å². The highest BCUT2D eigenvalue weighted by molar-refractivity contribution is 5.60. The van der Waals surface area contributed by atoms with Crippen LogP contribution in [0.1, 0.15) is 40.3 Å². The number of benzene rings is 2. The minimum Gasteiger partial charge on any atom is -0.378 e. The summed E-state index contributed by atoms with van der Waals surface area (Å²) in [5.41, 5.74) is 7.45. The van der Waals surface area contributed by atoms with Crippen LogP contribution < -0.4 is 5.32 Å². The lowest BCUT2D eigenvalue weighted by molar-refractivity contribution is 0.626. The van der Waals surface area contributed by atoms with E-state index in [9.17, 15) is 4.39 Å². The molecule has 0 aliphatic heterocycles. The standard InChI is InChI=1S/C18H20FN/c1-11-8-12(2)18(13(3)9-11)20-17-7-4-14-10-15(19)5-6-16(14)17/h5-6,8-10,17,20H,4,7H2,1-3H3. The maximum Gasteiger partial charge on any atom is 0.123 e. The van der Waals surface area contributed by atoms with Crippen LogP contribution in [0.15, 0.2) is 30.3 Å². The van der Waals surface area contributed by atoms with Gasteiger partial charge in [0.1, 0.15) is 5.82 Å². The van der Waals surface area contributed by atoms with Gasteiger partial charge in [-0.25, -0.2) is 4.39 Å². The van der Waals surface area contributed by atoms with Crippen molar-refractivity contribution in [1.29, 1.82) is 0 Å². The minimum absolute atomic E-state index is 0.132. The van der Waals surface area contributed by atoms with E-state index < -0.39 is 0 Å². The highest BCUT2D eigenvalue weighted by atomic mass is 19.1. The van der Waals surface area contributed by atoms with Crippen molar-refractivity contribution in [3.63, 3.8) is 0 Å². The van der Waals surface area contributed by atoms with Crippen molar-refractivity contribution in [3.05, 3.63) is 64.0 Å². The van der Waals surface area contributed by atoms with Gasteiger partial charge >= 0.3 is 0 Å². The summed E-state index contributed by atoms with van der Waals surface area (Å²) < 4.78 is 13.3. The molecule has 0 saturated heterocycles. The van der Waals surface area contributed by atoms with E-state index in [1.807, 2.05) is 6.07 Å². The number of halogens is 1. The molecule has 1 aliphatic rings. The van der Waals surface area contributed by atoms with E-state index in [4.69, 9.17) is 0 Å². The van der Waals surface area contributed by atoms with Gasteiger partial charge in [-0.3, -0.25) is 0 Å². The van der Waals surface area contributed by atoms with E-state index in [0.29, 0.717) is 6.04 Å². The largest absolute Gasteiger partial charge is 0.378 e. The van der Waals surface area contributed by atoms with Gasteiger partial charge in [-0.1, -0.05) is 23.8 Å². The molecule has 0 bridgehead atoms. The van der Waals surface area contributed by atoms with Crippen LogP contribution in [0.2, 0.25) is 0 Å². The molecule has 0 heterocycles. The van der Waals surface area contributed by atoms with E-state index in [0.717, 1.165) is 18.4 Å². The van der Waals surface area contributed by atoms with Crippen molar-refractivity contribution in [2.45, 2.75) is 39.7 Å². The Labute approximate surface area is 119 Å². The van der Waals surface area contributed by atoms with Gasteiger partial charge in [-0.15, -0.1) is 0 Å². The Hall–Kier alpha value is -1.83. The second-order valence-electron chi connectivity index (χ2n) is 5.85. The summed E-state index contributed by atoms with van der Waals surface area (Å²) in [4.78, 5) is 0. The van der Waals surface area contributed by atoms with Crippen LogP contribution in [-0.2, 0) is 6.42 Å². The average molecular weight is 269 g/mol. The molecule has 1 unspecified atom stereocenters. The molecule has 0 spiro atoms. The maximum atomic E-state index is 13.3. The third-order valence-electron chi connectivity index (χ3n) is 4.18. The van der Waals surface area contributed by atoms with E-state index >= 15 is 0 Å². The van der Waals surface area contributed by atoms with Crippen LogP contribution in [0, 0.1) is 26.6 Å². The van der Waals surface area contributed by atoms with Gasteiger partial charge in [0.05, 0.1) is 6.04 Å². The lowest BCUT2D eigenvalue weighted by Crippen LogP contribution is -2.09. The first kappa shape index (κ1) is 13.2. The number of aryl methyl sites for hydroxylation is 4. The highest BCUT2D eigenvalue weighted by Crippen LogP contribution is 2.36. The Kier molecular flexibility index (Phi) is 3.25. The Bertz CT molecular complexity index is 637. The molecule has 1 N–H and O–H groups in total. The third kappa shape index (κ3) is 2.31. The zero-order chi connectivity index (χ0) is 14.3. The molecule has 2 aromatic rings. The van der Waals surface area contributed by atoms with E-state index in [2.05, 4.69) is 38.2 Å². The smallest absolute Gasteiger partial charge is 0.123 e. The molecule has 2 heteroatoms. The molecule has 0 fully saturated rings. The van der Waals surface area contributed by atoms with Crippen molar-refractivity contribution in [2.24, 2.45) is 0 Å². The fourth-order valence-corrected chi connectivity index (χ4v) is 3.32. The summed E-state index contributed by atoms with van der Waals surface area (Å²) in [5.74, 6) is -0.132. The SMILES string of the molecule is Cc1cc(C)c(NC2CCc3cc(F)ccc32)c(C)c1.